The minimum Gasteiger partial charge on any atom is -0.363 e. The minimum absolute atomic E-state index is 0.762. The smallest absolute Gasteiger partial charge is 0.151 e. The third kappa shape index (κ3) is 2.67. The summed E-state index contributed by atoms with van der Waals surface area (Å²) >= 11 is 0. The summed E-state index contributed by atoms with van der Waals surface area (Å²) < 4.78 is 3.85. The maximum atomic E-state index is 4.36. The molecular weight excluding hydrogens is 214 g/mol. The zero-order valence-corrected chi connectivity index (χ0v) is 10.6. The molecule has 0 radical (unpaired) electrons. The van der Waals surface area contributed by atoms with E-state index in [1.807, 2.05) is 34.9 Å². The van der Waals surface area contributed by atoms with Crippen molar-refractivity contribution < 1.29 is 0 Å². The average Bonchev–Trinajstić information content (AvgIpc) is 2.83. The maximum absolute atomic E-state index is 4.36. The van der Waals surface area contributed by atoms with Gasteiger partial charge in [-0.1, -0.05) is 6.92 Å². The predicted octanol–water partition coefficient (Wildman–Crippen LogP) is 1.95. The fourth-order valence-electron chi connectivity index (χ4n) is 1.88. The first kappa shape index (κ1) is 11.7. The lowest BCUT2D eigenvalue weighted by atomic mass is 10.3. The maximum Gasteiger partial charge on any atom is 0.151 e. The van der Waals surface area contributed by atoms with Gasteiger partial charge in [-0.15, -0.1) is 0 Å². The van der Waals surface area contributed by atoms with Crippen LogP contribution in [0.15, 0.2) is 18.5 Å². The molecule has 0 saturated carbocycles. The Hall–Kier alpha value is -1.78. The van der Waals surface area contributed by atoms with Crippen LogP contribution in [0.1, 0.15) is 24.6 Å². The van der Waals surface area contributed by atoms with E-state index in [-0.39, 0.29) is 0 Å². The van der Waals surface area contributed by atoms with Crippen LogP contribution in [-0.4, -0.2) is 19.6 Å². The van der Waals surface area contributed by atoms with Crippen molar-refractivity contribution in [1.29, 1.82) is 0 Å². The number of hydrogen-bond acceptors (Lipinski definition) is 3. The molecule has 0 aliphatic carbocycles. The Morgan fingerprint density at radius 1 is 1.41 bits per heavy atom. The van der Waals surface area contributed by atoms with Crippen LogP contribution in [0.3, 0.4) is 0 Å². The molecule has 2 aromatic heterocycles. The van der Waals surface area contributed by atoms with Crippen LogP contribution in [0.2, 0.25) is 0 Å². The Labute approximate surface area is 101 Å². The SMILES string of the molecule is CCCn1nccc1CNc1nn(C)cc1C. The number of anilines is 1. The molecule has 0 spiro atoms. The highest BCUT2D eigenvalue weighted by Gasteiger charge is 2.05. The standard InChI is InChI=1S/C12H19N5/c1-4-7-17-11(5-6-14-17)8-13-12-10(2)9-16(3)15-12/h5-6,9H,4,7-8H2,1-3H3,(H,13,15). The molecule has 0 bridgehead atoms. The predicted molar refractivity (Wildman–Crippen MR) is 67.8 cm³/mol. The van der Waals surface area contributed by atoms with Crippen molar-refractivity contribution in [2.45, 2.75) is 33.4 Å². The first-order valence-electron chi connectivity index (χ1n) is 5.95. The van der Waals surface area contributed by atoms with Gasteiger partial charge in [0.25, 0.3) is 0 Å². The van der Waals surface area contributed by atoms with E-state index in [1.54, 1.807) is 0 Å². The first-order valence-corrected chi connectivity index (χ1v) is 5.95. The molecule has 17 heavy (non-hydrogen) atoms. The largest absolute Gasteiger partial charge is 0.363 e. The van der Waals surface area contributed by atoms with Gasteiger partial charge in [0, 0.05) is 31.5 Å². The van der Waals surface area contributed by atoms with Crippen LogP contribution in [-0.2, 0) is 20.1 Å². The highest BCUT2D eigenvalue weighted by molar-refractivity contribution is 5.41. The number of hydrogen-bond donors (Lipinski definition) is 1. The topological polar surface area (TPSA) is 47.7 Å². The van der Waals surface area contributed by atoms with E-state index in [2.05, 4.69) is 29.4 Å². The van der Waals surface area contributed by atoms with Crippen LogP contribution in [0.4, 0.5) is 5.82 Å². The van der Waals surface area contributed by atoms with Crippen molar-refractivity contribution >= 4 is 5.82 Å². The van der Waals surface area contributed by atoms with E-state index < -0.39 is 0 Å². The summed E-state index contributed by atoms with van der Waals surface area (Å²) in [6.45, 7) is 5.93. The second-order valence-electron chi connectivity index (χ2n) is 4.23. The van der Waals surface area contributed by atoms with Crippen molar-refractivity contribution in [3.8, 4) is 0 Å². The second-order valence-corrected chi connectivity index (χ2v) is 4.23. The summed E-state index contributed by atoms with van der Waals surface area (Å²) in [5.41, 5.74) is 2.35. The van der Waals surface area contributed by atoms with E-state index in [0.29, 0.717) is 0 Å². The summed E-state index contributed by atoms with van der Waals surface area (Å²) in [4.78, 5) is 0. The van der Waals surface area contributed by atoms with Crippen LogP contribution < -0.4 is 5.32 Å². The molecule has 0 aromatic carbocycles. The van der Waals surface area contributed by atoms with Crippen LogP contribution >= 0.6 is 0 Å². The fraction of sp³-hybridized carbons (Fsp3) is 0.500. The van der Waals surface area contributed by atoms with Crippen molar-refractivity contribution in [3.63, 3.8) is 0 Å². The highest BCUT2D eigenvalue weighted by Crippen LogP contribution is 2.12. The Morgan fingerprint density at radius 3 is 2.88 bits per heavy atom. The van der Waals surface area contributed by atoms with E-state index >= 15 is 0 Å². The fourth-order valence-corrected chi connectivity index (χ4v) is 1.88. The average molecular weight is 233 g/mol. The summed E-state index contributed by atoms with van der Waals surface area (Å²) in [7, 11) is 1.93. The van der Waals surface area contributed by atoms with Gasteiger partial charge in [0.05, 0.1) is 12.2 Å². The Morgan fingerprint density at radius 2 is 2.24 bits per heavy atom. The van der Waals surface area contributed by atoms with Gasteiger partial charge in [-0.3, -0.25) is 9.36 Å². The minimum atomic E-state index is 0.762. The lowest BCUT2D eigenvalue weighted by Gasteiger charge is -2.07. The second kappa shape index (κ2) is 5.03. The molecule has 92 valence electrons. The summed E-state index contributed by atoms with van der Waals surface area (Å²) in [6, 6.07) is 2.04. The van der Waals surface area contributed by atoms with Gasteiger partial charge in [-0.2, -0.15) is 10.2 Å². The zero-order chi connectivity index (χ0) is 12.3. The monoisotopic (exact) mass is 233 g/mol. The molecule has 0 saturated heterocycles. The highest BCUT2D eigenvalue weighted by atomic mass is 15.3. The van der Waals surface area contributed by atoms with E-state index in [1.165, 1.54) is 5.69 Å². The van der Waals surface area contributed by atoms with Gasteiger partial charge in [0.1, 0.15) is 0 Å². The molecule has 2 heterocycles. The van der Waals surface area contributed by atoms with Crippen molar-refractivity contribution in [1.82, 2.24) is 19.6 Å². The van der Waals surface area contributed by atoms with Crippen molar-refractivity contribution in [3.05, 3.63) is 29.7 Å². The van der Waals surface area contributed by atoms with Crippen molar-refractivity contribution in [2.24, 2.45) is 7.05 Å². The number of nitrogens with one attached hydrogen (secondary N) is 1. The molecule has 2 aromatic rings. The number of aryl methyl sites for hydroxylation is 3. The normalized spacial score (nSPS) is 10.8. The van der Waals surface area contributed by atoms with Crippen LogP contribution in [0, 0.1) is 6.92 Å². The lowest BCUT2D eigenvalue weighted by Crippen LogP contribution is -2.09. The zero-order valence-electron chi connectivity index (χ0n) is 10.6. The summed E-state index contributed by atoms with van der Waals surface area (Å²) in [5.74, 6) is 0.941. The van der Waals surface area contributed by atoms with Crippen LogP contribution in [0.5, 0.6) is 0 Å². The molecule has 5 heteroatoms. The molecule has 2 rings (SSSR count). The third-order valence-electron chi connectivity index (χ3n) is 2.69. The Balaban J connectivity index is 2.02. The third-order valence-corrected chi connectivity index (χ3v) is 2.69. The number of aromatic nitrogens is 4. The van der Waals surface area contributed by atoms with E-state index in [9.17, 15) is 0 Å². The lowest BCUT2D eigenvalue weighted by molar-refractivity contribution is 0.578. The Bertz CT molecular complexity index is 483. The van der Waals surface area contributed by atoms with Gasteiger partial charge in [-0.05, 0) is 19.4 Å². The van der Waals surface area contributed by atoms with E-state index in [4.69, 9.17) is 0 Å². The van der Waals surface area contributed by atoms with Gasteiger partial charge < -0.3 is 5.32 Å². The van der Waals surface area contributed by atoms with Gasteiger partial charge in [0.15, 0.2) is 5.82 Å². The van der Waals surface area contributed by atoms with Crippen molar-refractivity contribution in [2.75, 3.05) is 5.32 Å². The molecule has 5 nitrogen and oxygen atoms in total. The summed E-state index contributed by atoms with van der Waals surface area (Å²) in [6.07, 6.45) is 4.95. The quantitative estimate of drug-likeness (QED) is 0.858. The molecule has 0 fully saturated rings. The van der Waals surface area contributed by atoms with Gasteiger partial charge in [-0.25, -0.2) is 0 Å². The molecule has 0 aliphatic rings. The molecule has 0 amide bonds. The Kier molecular flexibility index (Phi) is 3.46. The molecule has 0 atom stereocenters. The summed E-state index contributed by atoms with van der Waals surface area (Å²) in [5, 5.41) is 12.0. The molecule has 1 N–H and O–H groups in total. The molecule has 0 aliphatic heterocycles. The van der Waals surface area contributed by atoms with Crippen LogP contribution in [0.25, 0.3) is 0 Å². The van der Waals surface area contributed by atoms with E-state index in [0.717, 1.165) is 30.9 Å². The molecular formula is C12H19N5. The number of nitrogens with zero attached hydrogens (tertiary/aromatic N) is 4. The molecule has 0 unspecified atom stereocenters. The number of rotatable bonds is 5. The first-order chi connectivity index (χ1) is 8.20. The van der Waals surface area contributed by atoms with Gasteiger partial charge >= 0.3 is 0 Å². The van der Waals surface area contributed by atoms with Gasteiger partial charge in [0.2, 0.25) is 0 Å².